The van der Waals surface area contributed by atoms with E-state index in [4.69, 9.17) is 17.0 Å². The van der Waals surface area contributed by atoms with Gasteiger partial charge in [0.25, 0.3) is 0 Å². The minimum atomic E-state index is 0.303. The Morgan fingerprint density at radius 2 is 2.05 bits per heavy atom. The van der Waals surface area contributed by atoms with E-state index in [0.29, 0.717) is 12.1 Å². The highest BCUT2D eigenvalue weighted by molar-refractivity contribution is 7.80. The highest BCUT2D eigenvalue weighted by atomic mass is 32.1. The van der Waals surface area contributed by atoms with Gasteiger partial charge in [-0.15, -0.1) is 0 Å². The standard InChI is InChI=1S/C17H25N3OS/c1-21-16-7-3-2-6-14(16)15(20-10-4-5-11-20)12-18-17(22)19-13-8-9-13/h2-3,6-7,13,15H,4-5,8-12H2,1H3,(H2,18,19,22)/t15-/m0/s1. The number of rotatable bonds is 6. The fourth-order valence-corrected chi connectivity index (χ4v) is 3.33. The van der Waals surface area contributed by atoms with Gasteiger partial charge in [-0.2, -0.15) is 0 Å². The van der Waals surface area contributed by atoms with Gasteiger partial charge in [0.05, 0.1) is 13.2 Å². The third-order valence-electron chi connectivity index (χ3n) is 4.45. The second-order valence-electron chi connectivity index (χ2n) is 6.13. The van der Waals surface area contributed by atoms with Crippen LogP contribution in [-0.4, -0.2) is 42.8 Å². The number of nitrogens with zero attached hydrogens (tertiary/aromatic N) is 1. The first kappa shape index (κ1) is 15.6. The number of nitrogens with one attached hydrogen (secondary N) is 2. The molecule has 2 fully saturated rings. The lowest BCUT2D eigenvalue weighted by molar-refractivity contribution is 0.239. The molecule has 0 unspecified atom stereocenters. The predicted molar refractivity (Wildman–Crippen MR) is 93.3 cm³/mol. The zero-order valence-electron chi connectivity index (χ0n) is 13.2. The first-order valence-corrected chi connectivity index (χ1v) is 8.60. The molecule has 22 heavy (non-hydrogen) atoms. The van der Waals surface area contributed by atoms with Crippen molar-refractivity contribution in [1.82, 2.24) is 15.5 Å². The summed E-state index contributed by atoms with van der Waals surface area (Å²) in [5.41, 5.74) is 1.24. The maximum atomic E-state index is 5.56. The van der Waals surface area contributed by atoms with Crippen molar-refractivity contribution in [3.8, 4) is 5.75 Å². The fraction of sp³-hybridized carbons (Fsp3) is 0.588. The predicted octanol–water partition coefficient (Wildman–Crippen LogP) is 2.46. The van der Waals surface area contributed by atoms with E-state index >= 15 is 0 Å². The second kappa shape index (κ2) is 7.29. The molecule has 1 aromatic rings. The Kier molecular flexibility index (Phi) is 5.16. The Balaban J connectivity index is 1.69. The quantitative estimate of drug-likeness (QED) is 0.788. The summed E-state index contributed by atoms with van der Waals surface area (Å²) in [5.74, 6) is 0.960. The van der Waals surface area contributed by atoms with E-state index in [1.165, 1.54) is 31.2 Å². The van der Waals surface area contributed by atoms with Crippen molar-refractivity contribution in [2.24, 2.45) is 0 Å². The van der Waals surface area contributed by atoms with Gasteiger partial charge in [-0.3, -0.25) is 4.90 Å². The number of likely N-dealkylation sites (tertiary alicyclic amines) is 1. The van der Waals surface area contributed by atoms with Crippen molar-refractivity contribution in [2.45, 2.75) is 37.8 Å². The monoisotopic (exact) mass is 319 g/mol. The fourth-order valence-electron chi connectivity index (χ4n) is 3.08. The molecule has 1 aromatic carbocycles. The molecule has 0 radical (unpaired) electrons. The molecule has 4 nitrogen and oxygen atoms in total. The van der Waals surface area contributed by atoms with Gasteiger partial charge in [0, 0.05) is 18.2 Å². The molecule has 120 valence electrons. The maximum Gasteiger partial charge on any atom is 0.166 e. The summed E-state index contributed by atoms with van der Waals surface area (Å²) < 4.78 is 5.56. The third kappa shape index (κ3) is 3.90. The van der Waals surface area contributed by atoms with E-state index in [1.807, 2.05) is 12.1 Å². The topological polar surface area (TPSA) is 36.5 Å². The van der Waals surface area contributed by atoms with Crippen molar-refractivity contribution in [1.29, 1.82) is 0 Å². The zero-order valence-corrected chi connectivity index (χ0v) is 14.0. The molecule has 1 heterocycles. The van der Waals surface area contributed by atoms with Crippen LogP contribution in [0.5, 0.6) is 5.75 Å². The van der Waals surface area contributed by atoms with Crippen molar-refractivity contribution in [3.63, 3.8) is 0 Å². The third-order valence-corrected chi connectivity index (χ3v) is 4.71. The summed E-state index contributed by atoms with van der Waals surface area (Å²) in [6, 6.07) is 9.21. The summed E-state index contributed by atoms with van der Waals surface area (Å²) in [7, 11) is 1.74. The Labute approximate surface area is 138 Å². The summed E-state index contributed by atoms with van der Waals surface area (Å²) in [5, 5.41) is 7.53. The van der Waals surface area contributed by atoms with Gasteiger partial charge in [-0.1, -0.05) is 18.2 Å². The molecule has 5 heteroatoms. The zero-order chi connectivity index (χ0) is 15.4. The van der Waals surface area contributed by atoms with Crippen LogP contribution in [0.15, 0.2) is 24.3 Å². The number of hydrogen-bond donors (Lipinski definition) is 2. The smallest absolute Gasteiger partial charge is 0.166 e. The van der Waals surface area contributed by atoms with Crippen LogP contribution in [0.25, 0.3) is 0 Å². The van der Waals surface area contributed by atoms with E-state index in [1.54, 1.807) is 7.11 Å². The molecule has 1 atom stereocenters. The number of hydrogen-bond acceptors (Lipinski definition) is 3. The summed E-state index contributed by atoms with van der Waals surface area (Å²) in [6.07, 6.45) is 5.03. The second-order valence-corrected chi connectivity index (χ2v) is 6.54. The largest absolute Gasteiger partial charge is 0.496 e. The van der Waals surface area contributed by atoms with E-state index in [-0.39, 0.29) is 0 Å². The Bertz CT molecular complexity index is 512. The Morgan fingerprint density at radius 3 is 2.73 bits per heavy atom. The molecule has 0 spiro atoms. The van der Waals surface area contributed by atoms with Crippen molar-refractivity contribution < 1.29 is 4.74 Å². The molecular weight excluding hydrogens is 294 g/mol. The van der Waals surface area contributed by atoms with Crippen LogP contribution in [0.2, 0.25) is 0 Å². The molecule has 1 saturated heterocycles. The molecule has 2 aliphatic rings. The van der Waals surface area contributed by atoms with Crippen molar-refractivity contribution >= 4 is 17.3 Å². The average Bonchev–Trinajstić information content (AvgIpc) is 3.18. The number of ether oxygens (including phenoxy) is 1. The lowest BCUT2D eigenvalue weighted by atomic mass is 10.0. The lowest BCUT2D eigenvalue weighted by Crippen LogP contribution is -2.42. The highest BCUT2D eigenvalue weighted by Gasteiger charge is 2.27. The van der Waals surface area contributed by atoms with E-state index in [9.17, 15) is 0 Å². The van der Waals surface area contributed by atoms with Crippen LogP contribution in [0.4, 0.5) is 0 Å². The van der Waals surface area contributed by atoms with Gasteiger partial charge < -0.3 is 15.4 Å². The number of thiocarbonyl (C=S) groups is 1. The molecule has 0 bridgehead atoms. The van der Waals surface area contributed by atoms with Gasteiger partial charge in [-0.25, -0.2) is 0 Å². The molecule has 2 N–H and O–H groups in total. The molecule has 1 aliphatic carbocycles. The SMILES string of the molecule is COc1ccccc1[C@H](CNC(=S)NC1CC1)N1CCCC1. The van der Waals surface area contributed by atoms with Gasteiger partial charge in [0.2, 0.25) is 0 Å². The van der Waals surface area contributed by atoms with Crippen LogP contribution in [0.3, 0.4) is 0 Å². The molecule has 1 aliphatic heterocycles. The van der Waals surface area contributed by atoms with Gasteiger partial charge >= 0.3 is 0 Å². The first-order chi connectivity index (χ1) is 10.8. The molecule has 0 amide bonds. The van der Waals surface area contributed by atoms with Crippen LogP contribution < -0.4 is 15.4 Å². The van der Waals surface area contributed by atoms with Crippen LogP contribution >= 0.6 is 12.2 Å². The first-order valence-electron chi connectivity index (χ1n) is 8.19. The van der Waals surface area contributed by atoms with Gasteiger partial charge in [-0.05, 0) is 57.1 Å². The molecule has 1 saturated carbocycles. The van der Waals surface area contributed by atoms with Crippen molar-refractivity contribution in [2.75, 3.05) is 26.7 Å². The van der Waals surface area contributed by atoms with Gasteiger partial charge in [0.15, 0.2) is 5.11 Å². The summed E-state index contributed by atoms with van der Waals surface area (Å²) in [4.78, 5) is 2.53. The Morgan fingerprint density at radius 1 is 1.32 bits per heavy atom. The summed E-state index contributed by atoms with van der Waals surface area (Å²) in [6.45, 7) is 3.11. The number of para-hydroxylation sites is 1. The Hall–Kier alpha value is -1.33. The number of benzene rings is 1. The molecule has 0 aromatic heterocycles. The summed E-state index contributed by atoms with van der Waals surface area (Å²) >= 11 is 5.40. The normalized spacial score (nSPS) is 19.7. The van der Waals surface area contributed by atoms with Gasteiger partial charge in [0.1, 0.15) is 5.75 Å². The highest BCUT2D eigenvalue weighted by Crippen LogP contribution is 2.31. The van der Waals surface area contributed by atoms with E-state index in [2.05, 4.69) is 27.7 Å². The number of methoxy groups -OCH3 is 1. The van der Waals surface area contributed by atoms with E-state index < -0.39 is 0 Å². The molecule has 3 rings (SSSR count). The molecular formula is C17H25N3OS. The minimum absolute atomic E-state index is 0.303. The van der Waals surface area contributed by atoms with Crippen molar-refractivity contribution in [3.05, 3.63) is 29.8 Å². The minimum Gasteiger partial charge on any atom is -0.496 e. The van der Waals surface area contributed by atoms with E-state index in [0.717, 1.165) is 30.5 Å². The van der Waals surface area contributed by atoms with Crippen LogP contribution in [0.1, 0.15) is 37.3 Å². The lowest BCUT2D eigenvalue weighted by Gasteiger charge is -2.29. The van der Waals surface area contributed by atoms with Crippen LogP contribution in [0, 0.1) is 0 Å². The average molecular weight is 319 g/mol. The maximum absolute atomic E-state index is 5.56. The van der Waals surface area contributed by atoms with Crippen LogP contribution in [-0.2, 0) is 0 Å².